The van der Waals surface area contributed by atoms with Gasteiger partial charge in [0.15, 0.2) is 5.76 Å². The van der Waals surface area contributed by atoms with Crippen LogP contribution in [-0.4, -0.2) is 54.1 Å². The smallest absolute Gasteiger partial charge is 0.308 e. The summed E-state index contributed by atoms with van der Waals surface area (Å²) in [5.74, 6) is -0.0368. The molecule has 126 valence electrons. The zero-order valence-corrected chi connectivity index (χ0v) is 13.4. The Labute approximate surface area is 138 Å². The first-order chi connectivity index (χ1) is 11.7. The average Bonchev–Trinajstić information content (AvgIpc) is 3.31. The van der Waals surface area contributed by atoms with Gasteiger partial charge in [0.1, 0.15) is 5.56 Å². The van der Waals surface area contributed by atoms with Gasteiger partial charge in [0.05, 0.1) is 20.5 Å². The van der Waals surface area contributed by atoms with Gasteiger partial charge < -0.3 is 13.9 Å². The van der Waals surface area contributed by atoms with Crippen molar-refractivity contribution in [1.82, 2.24) is 15.0 Å². The summed E-state index contributed by atoms with van der Waals surface area (Å²) < 4.78 is 15.3. The fourth-order valence-corrected chi connectivity index (χ4v) is 2.56. The van der Waals surface area contributed by atoms with Crippen molar-refractivity contribution >= 4 is 11.8 Å². The highest BCUT2D eigenvalue weighted by molar-refractivity contribution is 5.99. The van der Waals surface area contributed by atoms with Gasteiger partial charge in [-0.05, 0) is 24.6 Å². The second-order valence-corrected chi connectivity index (χ2v) is 5.10. The molecule has 1 fully saturated rings. The number of hydrogen-bond donors (Lipinski definition) is 0. The molecular formula is C16H17N3O5. The number of aromatic nitrogens is 1. The molecule has 2 amide bonds. The molecule has 0 saturated carbocycles. The van der Waals surface area contributed by atoms with Crippen LogP contribution in [0.1, 0.15) is 27.3 Å². The van der Waals surface area contributed by atoms with Crippen LogP contribution in [0.3, 0.4) is 0 Å². The molecule has 0 unspecified atom stereocenters. The Morgan fingerprint density at radius 3 is 2.46 bits per heavy atom. The lowest BCUT2D eigenvalue weighted by Gasteiger charge is -2.27. The third-order valence-electron chi connectivity index (χ3n) is 3.70. The van der Waals surface area contributed by atoms with Crippen molar-refractivity contribution < 1.29 is 23.5 Å². The Morgan fingerprint density at radius 1 is 1.08 bits per heavy atom. The molecule has 3 rings (SSSR count). The Kier molecular flexibility index (Phi) is 4.37. The van der Waals surface area contributed by atoms with Crippen LogP contribution < -0.4 is 9.47 Å². The van der Waals surface area contributed by atoms with Gasteiger partial charge in [-0.1, -0.05) is 0 Å². The summed E-state index contributed by atoms with van der Waals surface area (Å²) in [6.45, 7) is 0.873. The molecule has 0 N–H and O–H groups in total. The summed E-state index contributed by atoms with van der Waals surface area (Å²) in [6, 6.07) is 6.34. The monoisotopic (exact) mass is 331 g/mol. The summed E-state index contributed by atoms with van der Waals surface area (Å²) in [5.41, 5.74) is 0.262. The molecule has 1 aliphatic heterocycles. The molecule has 0 radical (unpaired) electrons. The first-order valence-corrected chi connectivity index (χ1v) is 7.42. The molecule has 3 heterocycles. The summed E-state index contributed by atoms with van der Waals surface area (Å²) >= 11 is 0. The second kappa shape index (κ2) is 6.61. The largest absolute Gasteiger partial charge is 0.481 e. The molecule has 0 atom stereocenters. The van der Waals surface area contributed by atoms with Gasteiger partial charge in [-0.15, -0.1) is 0 Å². The normalized spacial score (nSPS) is 13.9. The molecule has 1 saturated heterocycles. The molecule has 0 aliphatic carbocycles. The van der Waals surface area contributed by atoms with E-state index in [-0.39, 0.29) is 29.0 Å². The zero-order chi connectivity index (χ0) is 17.1. The molecule has 8 nitrogen and oxygen atoms in total. The zero-order valence-electron chi connectivity index (χ0n) is 13.4. The van der Waals surface area contributed by atoms with Crippen LogP contribution in [0.2, 0.25) is 0 Å². The minimum atomic E-state index is -0.362. The van der Waals surface area contributed by atoms with Crippen LogP contribution >= 0.6 is 0 Å². The van der Waals surface area contributed by atoms with Crippen molar-refractivity contribution in [1.29, 1.82) is 0 Å². The van der Waals surface area contributed by atoms with E-state index in [1.165, 1.54) is 30.5 Å². The van der Waals surface area contributed by atoms with Gasteiger partial charge >= 0.3 is 5.91 Å². The number of furan rings is 1. The van der Waals surface area contributed by atoms with Gasteiger partial charge in [0.2, 0.25) is 11.8 Å². The average molecular weight is 331 g/mol. The van der Waals surface area contributed by atoms with Gasteiger partial charge in [0.25, 0.3) is 5.91 Å². The highest BCUT2D eigenvalue weighted by atomic mass is 16.5. The molecule has 0 bridgehead atoms. The Bertz CT molecular complexity index is 744. The van der Waals surface area contributed by atoms with Crippen LogP contribution in [0.4, 0.5) is 0 Å². The molecule has 2 aromatic heterocycles. The fraction of sp³-hybridized carbons (Fsp3) is 0.312. The maximum absolute atomic E-state index is 12.9. The number of pyridine rings is 1. The van der Waals surface area contributed by atoms with E-state index in [4.69, 9.17) is 13.9 Å². The molecule has 0 aromatic carbocycles. The maximum atomic E-state index is 12.9. The molecular weight excluding hydrogens is 314 g/mol. The number of carbonyl (C=O) groups is 2. The first kappa shape index (κ1) is 15.9. The van der Waals surface area contributed by atoms with E-state index in [0.29, 0.717) is 25.4 Å². The van der Waals surface area contributed by atoms with Gasteiger partial charge in [0, 0.05) is 19.2 Å². The summed E-state index contributed by atoms with van der Waals surface area (Å²) in [5, 5.41) is 2.77. The van der Waals surface area contributed by atoms with Gasteiger partial charge in [-0.2, -0.15) is 4.98 Å². The number of carbonyl (C=O) groups excluding carboxylic acids is 2. The molecule has 2 aromatic rings. The van der Waals surface area contributed by atoms with Crippen LogP contribution in [0.25, 0.3) is 0 Å². The van der Waals surface area contributed by atoms with Crippen LogP contribution in [-0.2, 0) is 0 Å². The summed E-state index contributed by atoms with van der Waals surface area (Å²) in [7, 11) is 2.90. The lowest BCUT2D eigenvalue weighted by atomic mass is 10.2. The van der Waals surface area contributed by atoms with E-state index in [0.717, 1.165) is 0 Å². The van der Waals surface area contributed by atoms with E-state index < -0.39 is 0 Å². The molecule has 24 heavy (non-hydrogen) atoms. The van der Waals surface area contributed by atoms with Crippen molar-refractivity contribution in [2.75, 3.05) is 27.3 Å². The number of hydrazine groups is 1. The molecule has 1 aliphatic rings. The van der Waals surface area contributed by atoms with Crippen LogP contribution in [0.15, 0.2) is 34.9 Å². The number of nitrogens with zero attached hydrogens (tertiary/aromatic N) is 3. The summed E-state index contributed by atoms with van der Waals surface area (Å²) in [4.78, 5) is 29.4. The fourth-order valence-electron chi connectivity index (χ4n) is 2.56. The third-order valence-corrected chi connectivity index (χ3v) is 3.70. The van der Waals surface area contributed by atoms with E-state index in [1.807, 2.05) is 0 Å². The standard InChI is InChI=1S/C16H17N3O5/c1-22-13-7-6-11(14(17-13)23-2)15(20)18-8-4-9-19(18)16(21)12-5-3-10-24-12/h3,5-7,10H,4,8-9H2,1-2H3. The number of ether oxygens (including phenoxy) is 2. The van der Waals surface area contributed by atoms with E-state index in [9.17, 15) is 9.59 Å². The Morgan fingerprint density at radius 2 is 1.83 bits per heavy atom. The van der Waals surface area contributed by atoms with E-state index in [2.05, 4.69) is 4.98 Å². The minimum Gasteiger partial charge on any atom is -0.481 e. The maximum Gasteiger partial charge on any atom is 0.308 e. The third kappa shape index (κ3) is 2.78. The molecule has 8 heteroatoms. The summed E-state index contributed by atoms with van der Waals surface area (Å²) in [6.07, 6.45) is 2.11. The second-order valence-electron chi connectivity index (χ2n) is 5.10. The van der Waals surface area contributed by atoms with Gasteiger partial charge in [-0.25, -0.2) is 10.0 Å². The van der Waals surface area contributed by atoms with Crippen molar-refractivity contribution in [3.63, 3.8) is 0 Å². The predicted molar refractivity (Wildman–Crippen MR) is 82.7 cm³/mol. The minimum absolute atomic E-state index is 0.150. The van der Waals surface area contributed by atoms with Crippen molar-refractivity contribution in [3.05, 3.63) is 41.9 Å². The van der Waals surface area contributed by atoms with Crippen LogP contribution in [0.5, 0.6) is 11.8 Å². The molecule has 0 spiro atoms. The topological polar surface area (TPSA) is 85.1 Å². The Hall–Kier alpha value is -3.03. The predicted octanol–water partition coefficient (Wildman–Crippen LogP) is 1.60. The van der Waals surface area contributed by atoms with Crippen LogP contribution in [0, 0.1) is 0 Å². The van der Waals surface area contributed by atoms with Crippen molar-refractivity contribution in [3.8, 4) is 11.8 Å². The number of methoxy groups -OCH3 is 2. The van der Waals surface area contributed by atoms with E-state index >= 15 is 0 Å². The van der Waals surface area contributed by atoms with E-state index in [1.54, 1.807) is 24.3 Å². The lowest BCUT2D eigenvalue weighted by molar-refractivity contribution is 0.0164. The number of amides is 2. The Balaban J connectivity index is 1.87. The highest BCUT2D eigenvalue weighted by Crippen LogP contribution is 2.24. The van der Waals surface area contributed by atoms with Crippen molar-refractivity contribution in [2.24, 2.45) is 0 Å². The SMILES string of the molecule is COc1ccc(C(=O)N2CCCN2C(=O)c2ccco2)c(OC)n1. The number of hydrogen-bond acceptors (Lipinski definition) is 6. The van der Waals surface area contributed by atoms with Gasteiger partial charge in [-0.3, -0.25) is 9.59 Å². The first-order valence-electron chi connectivity index (χ1n) is 7.42. The quantitative estimate of drug-likeness (QED) is 0.846. The lowest BCUT2D eigenvalue weighted by Crippen LogP contribution is -2.44. The number of rotatable bonds is 4. The van der Waals surface area contributed by atoms with Crippen molar-refractivity contribution in [2.45, 2.75) is 6.42 Å². The highest BCUT2D eigenvalue weighted by Gasteiger charge is 2.34.